The molecule has 1 fully saturated rings. The first-order valence-corrected chi connectivity index (χ1v) is 6.74. The number of rotatable bonds is 5. The van der Waals surface area contributed by atoms with Crippen molar-refractivity contribution in [2.75, 3.05) is 23.4 Å². The molecule has 1 saturated heterocycles. The lowest BCUT2D eigenvalue weighted by atomic mass is 10.2. The molecular formula is C14H14F2N4O2. The summed E-state index contributed by atoms with van der Waals surface area (Å²) in [5, 5.41) is 9.19. The van der Waals surface area contributed by atoms with Gasteiger partial charge in [-0.15, -0.1) is 0 Å². The molecule has 116 valence electrons. The van der Waals surface area contributed by atoms with Crippen LogP contribution in [0.15, 0.2) is 30.3 Å². The van der Waals surface area contributed by atoms with E-state index in [2.05, 4.69) is 15.5 Å². The van der Waals surface area contributed by atoms with Crippen molar-refractivity contribution >= 4 is 17.5 Å². The van der Waals surface area contributed by atoms with Gasteiger partial charge in [-0.25, -0.2) is 13.6 Å². The number of halogens is 2. The van der Waals surface area contributed by atoms with E-state index >= 15 is 0 Å². The van der Waals surface area contributed by atoms with E-state index in [0.29, 0.717) is 25.4 Å². The molecule has 0 bridgehead atoms. The summed E-state index contributed by atoms with van der Waals surface area (Å²) in [5.41, 5.74) is 1.78. The molecule has 1 aromatic carbocycles. The molecule has 1 aliphatic rings. The van der Waals surface area contributed by atoms with E-state index in [1.165, 1.54) is 11.0 Å². The predicted octanol–water partition coefficient (Wildman–Crippen LogP) is 2.92. The lowest BCUT2D eigenvalue weighted by Crippen LogP contribution is -2.23. The maximum atomic E-state index is 12.5. The van der Waals surface area contributed by atoms with Crippen molar-refractivity contribution in [2.24, 2.45) is 0 Å². The Labute approximate surface area is 125 Å². The monoisotopic (exact) mass is 308 g/mol. The minimum Gasteiger partial charge on any atom is -0.447 e. The molecule has 0 atom stereocenters. The highest BCUT2D eigenvalue weighted by Crippen LogP contribution is 2.23. The van der Waals surface area contributed by atoms with Crippen molar-refractivity contribution in [1.82, 2.24) is 10.2 Å². The van der Waals surface area contributed by atoms with Crippen LogP contribution >= 0.6 is 0 Å². The molecule has 1 amide bonds. The lowest BCUT2D eigenvalue weighted by Gasteiger charge is -2.14. The Bertz CT molecular complexity index is 674. The van der Waals surface area contributed by atoms with Crippen molar-refractivity contribution < 1.29 is 18.3 Å². The Morgan fingerprint density at radius 2 is 2.27 bits per heavy atom. The fraction of sp³-hybridized carbons (Fsp3) is 0.286. The zero-order valence-electron chi connectivity index (χ0n) is 11.6. The second kappa shape index (κ2) is 6.00. The van der Waals surface area contributed by atoms with Crippen molar-refractivity contribution in [3.63, 3.8) is 0 Å². The first-order valence-electron chi connectivity index (χ1n) is 6.74. The quantitative estimate of drug-likeness (QED) is 0.891. The van der Waals surface area contributed by atoms with Gasteiger partial charge in [0.05, 0.1) is 18.8 Å². The number of cyclic esters (lactones) is 1. The molecule has 0 saturated carbocycles. The van der Waals surface area contributed by atoms with Crippen LogP contribution in [0.25, 0.3) is 0 Å². The number of carbonyl (C=O) groups excluding carboxylic acids is 1. The van der Waals surface area contributed by atoms with Crippen LogP contribution in [0.4, 0.5) is 25.0 Å². The maximum Gasteiger partial charge on any atom is 0.414 e. The largest absolute Gasteiger partial charge is 0.447 e. The second-order valence-corrected chi connectivity index (χ2v) is 4.79. The molecule has 3 rings (SSSR count). The van der Waals surface area contributed by atoms with Gasteiger partial charge in [0.25, 0.3) is 6.43 Å². The van der Waals surface area contributed by atoms with Gasteiger partial charge in [-0.05, 0) is 24.3 Å². The van der Waals surface area contributed by atoms with Gasteiger partial charge in [-0.1, -0.05) is 6.07 Å². The highest BCUT2D eigenvalue weighted by atomic mass is 19.3. The van der Waals surface area contributed by atoms with Gasteiger partial charge in [-0.2, -0.15) is 5.10 Å². The normalized spacial score (nSPS) is 14.5. The first-order chi connectivity index (χ1) is 10.6. The van der Waals surface area contributed by atoms with Gasteiger partial charge < -0.3 is 10.1 Å². The summed E-state index contributed by atoms with van der Waals surface area (Å²) in [7, 11) is 0. The van der Waals surface area contributed by atoms with E-state index in [0.717, 1.165) is 11.4 Å². The van der Waals surface area contributed by atoms with E-state index in [9.17, 15) is 13.6 Å². The Balaban J connectivity index is 1.66. The third-order valence-electron chi connectivity index (χ3n) is 3.28. The number of H-pyrrole nitrogens is 1. The van der Waals surface area contributed by atoms with E-state index < -0.39 is 6.43 Å². The number of anilines is 2. The zero-order chi connectivity index (χ0) is 15.5. The van der Waals surface area contributed by atoms with Gasteiger partial charge in [0.2, 0.25) is 0 Å². The van der Waals surface area contributed by atoms with Crippen molar-refractivity contribution in [3.05, 3.63) is 41.7 Å². The van der Waals surface area contributed by atoms with E-state index in [1.54, 1.807) is 12.1 Å². The highest BCUT2D eigenvalue weighted by molar-refractivity contribution is 5.89. The van der Waals surface area contributed by atoms with Crippen LogP contribution in [-0.4, -0.2) is 29.4 Å². The summed E-state index contributed by atoms with van der Waals surface area (Å²) in [4.78, 5) is 13.1. The standard InChI is InChI=1S/C14H14F2N4O2/c15-13(16)12-7-10(18-19-12)8-17-9-2-1-3-11(6-9)20-4-5-22-14(20)21/h1-3,6-7,13,17H,4-5,8H2,(H,18,19). The Kier molecular flexibility index (Phi) is 3.90. The fourth-order valence-electron chi connectivity index (χ4n) is 2.19. The lowest BCUT2D eigenvalue weighted by molar-refractivity contribution is 0.146. The number of hydrogen-bond donors (Lipinski definition) is 2. The molecule has 6 nitrogen and oxygen atoms in total. The number of carbonyl (C=O) groups is 1. The summed E-state index contributed by atoms with van der Waals surface area (Å²) in [6.45, 7) is 1.22. The molecule has 2 aromatic rings. The fourth-order valence-corrected chi connectivity index (χ4v) is 2.19. The number of hydrogen-bond acceptors (Lipinski definition) is 4. The van der Waals surface area contributed by atoms with Gasteiger partial charge in [0, 0.05) is 11.4 Å². The molecule has 0 unspecified atom stereocenters. The molecule has 22 heavy (non-hydrogen) atoms. The van der Waals surface area contributed by atoms with Crippen LogP contribution in [0.3, 0.4) is 0 Å². The Hall–Kier alpha value is -2.64. The minimum absolute atomic E-state index is 0.273. The number of amides is 1. The zero-order valence-corrected chi connectivity index (χ0v) is 11.6. The van der Waals surface area contributed by atoms with Crippen molar-refractivity contribution in [2.45, 2.75) is 13.0 Å². The van der Waals surface area contributed by atoms with Gasteiger partial charge in [0.1, 0.15) is 12.3 Å². The maximum absolute atomic E-state index is 12.5. The molecule has 8 heteroatoms. The number of aromatic amines is 1. The number of ether oxygens (including phenoxy) is 1. The number of alkyl halides is 2. The third-order valence-corrected chi connectivity index (χ3v) is 3.28. The van der Waals surface area contributed by atoms with Crippen LogP contribution < -0.4 is 10.2 Å². The van der Waals surface area contributed by atoms with Crippen LogP contribution in [0.5, 0.6) is 0 Å². The highest BCUT2D eigenvalue weighted by Gasteiger charge is 2.23. The van der Waals surface area contributed by atoms with Gasteiger partial charge in [-0.3, -0.25) is 10.00 Å². The molecule has 1 aliphatic heterocycles. The number of nitrogens with one attached hydrogen (secondary N) is 2. The molecule has 0 aliphatic carbocycles. The minimum atomic E-state index is -2.59. The average Bonchev–Trinajstić information content (AvgIpc) is 3.14. The van der Waals surface area contributed by atoms with Crippen LogP contribution in [0.1, 0.15) is 17.8 Å². The molecule has 1 aromatic heterocycles. The average molecular weight is 308 g/mol. The summed E-state index contributed by atoms with van der Waals surface area (Å²) >= 11 is 0. The molecule has 2 N–H and O–H groups in total. The summed E-state index contributed by atoms with van der Waals surface area (Å²) in [5.74, 6) is 0. The topological polar surface area (TPSA) is 70.2 Å². The number of benzene rings is 1. The van der Waals surface area contributed by atoms with Crippen molar-refractivity contribution in [1.29, 1.82) is 0 Å². The molecular weight excluding hydrogens is 294 g/mol. The molecule has 0 spiro atoms. The molecule has 2 heterocycles. The van der Waals surface area contributed by atoms with E-state index in [1.807, 2.05) is 12.1 Å². The number of aromatic nitrogens is 2. The van der Waals surface area contributed by atoms with Crippen LogP contribution in [0, 0.1) is 0 Å². The van der Waals surface area contributed by atoms with Crippen LogP contribution in [0.2, 0.25) is 0 Å². The summed E-state index contributed by atoms with van der Waals surface area (Å²) in [6, 6.07) is 8.56. The van der Waals surface area contributed by atoms with E-state index in [4.69, 9.17) is 4.74 Å². The molecule has 0 radical (unpaired) electrons. The second-order valence-electron chi connectivity index (χ2n) is 4.79. The number of nitrogens with zero attached hydrogens (tertiary/aromatic N) is 2. The summed E-state index contributed by atoms with van der Waals surface area (Å²) in [6.07, 6.45) is -2.96. The SMILES string of the molecule is O=C1OCCN1c1cccc(NCc2cc(C(F)F)n[nH]2)c1. The summed E-state index contributed by atoms with van der Waals surface area (Å²) < 4.78 is 29.8. The van der Waals surface area contributed by atoms with Gasteiger partial charge in [0.15, 0.2) is 0 Å². The smallest absolute Gasteiger partial charge is 0.414 e. The van der Waals surface area contributed by atoms with Crippen molar-refractivity contribution in [3.8, 4) is 0 Å². The predicted molar refractivity (Wildman–Crippen MR) is 76.0 cm³/mol. The Morgan fingerprint density at radius 1 is 1.41 bits per heavy atom. The van der Waals surface area contributed by atoms with E-state index in [-0.39, 0.29) is 11.8 Å². The van der Waals surface area contributed by atoms with Crippen LogP contribution in [-0.2, 0) is 11.3 Å². The Morgan fingerprint density at radius 3 is 2.95 bits per heavy atom. The van der Waals surface area contributed by atoms with Gasteiger partial charge >= 0.3 is 6.09 Å². The third kappa shape index (κ3) is 3.00. The first kappa shape index (κ1) is 14.3.